The molecule has 1 heterocycles. The Kier molecular flexibility index (Phi) is 3.38. The summed E-state index contributed by atoms with van der Waals surface area (Å²) in [6.45, 7) is 3.47. The van der Waals surface area contributed by atoms with Crippen LogP contribution in [0.1, 0.15) is 59.7 Å². The molecule has 1 aliphatic carbocycles. The molecule has 0 unspecified atom stereocenters. The molecule has 0 aromatic carbocycles. The third kappa shape index (κ3) is 2.53. The fourth-order valence-electron chi connectivity index (χ4n) is 2.30. The van der Waals surface area contributed by atoms with Crippen molar-refractivity contribution < 1.29 is 14.7 Å². The van der Waals surface area contributed by atoms with E-state index in [0.717, 1.165) is 24.2 Å². The molecule has 6 heteroatoms. The number of carbonyl (C=O) groups is 2. The number of nitrogens with zero attached hydrogens (tertiary/aromatic N) is 1. The molecule has 1 aromatic rings. The van der Waals surface area contributed by atoms with Crippen LogP contribution in [0.2, 0.25) is 0 Å². The van der Waals surface area contributed by atoms with Gasteiger partial charge < -0.3 is 10.4 Å². The molecular weight excluding hydrogens is 252 g/mol. The number of hydrogen-bond acceptors (Lipinski definition) is 5. The van der Waals surface area contributed by atoms with Crippen LogP contribution in [0.25, 0.3) is 0 Å². The molecule has 1 saturated carbocycles. The van der Waals surface area contributed by atoms with Crippen molar-refractivity contribution in [1.29, 1.82) is 0 Å². The van der Waals surface area contributed by atoms with Crippen molar-refractivity contribution in [2.75, 3.05) is 5.32 Å². The molecule has 2 N–H and O–H groups in total. The standard InChI is InChI=1S/C12H16N2O3S/c1-7(15)9-8(10(16)17)13-11(18-9)14-12(2)5-3-4-6-12/h3-6H2,1-2H3,(H,13,14)(H,16,17). The zero-order chi connectivity index (χ0) is 13.3. The van der Waals surface area contributed by atoms with Gasteiger partial charge in [0.05, 0.1) is 0 Å². The topological polar surface area (TPSA) is 79.3 Å². The van der Waals surface area contributed by atoms with Gasteiger partial charge in [0.1, 0.15) is 4.88 Å². The van der Waals surface area contributed by atoms with Crippen molar-refractivity contribution in [3.05, 3.63) is 10.6 Å². The summed E-state index contributed by atoms with van der Waals surface area (Å²) < 4.78 is 0. The molecule has 0 aliphatic heterocycles. The van der Waals surface area contributed by atoms with E-state index in [2.05, 4.69) is 17.2 Å². The quantitative estimate of drug-likeness (QED) is 0.821. The lowest BCUT2D eigenvalue weighted by molar-refractivity contribution is 0.0687. The maximum Gasteiger partial charge on any atom is 0.356 e. The number of carbonyl (C=O) groups excluding carboxylic acids is 1. The first-order valence-electron chi connectivity index (χ1n) is 5.94. The van der Waals surface area contributed by atoms with Crippen LogP contribution in [0, 0.1) is 0 Å². The lowest BCUT2D eigenvalue weighted by atomic mass is 10.0. The van der Waals surface area contributed by atoms with Crippen molar-refractivity contribution in [3.8, 4) is 0 Å². The average Bonchev–Trinajstić information content (AvgIpc) is 2.85. The van der Waals surface area contributed by atoms with Gasteiger partial charge >= 0.3 is 5.97 Å². The van der Waals surface area contributed by atoms with E-state index in [0.29, 0.717) is 5.13 Å². The number of aromatic nitrogens is 1. The minimum atomic E-state index is -1.15. The monoisotopic (exact) mass is 268 g/mol. The number of nitrogens with one attached hydrogen (secondary N) is 1. The molecule has 0 amide bonds. The highest BCUT2D eigenvalue weighted by atomic mass is 32.1. The third-order valence-corrected chi connectivity index (χ3v) is 4.34. The minimum absolute atomic E-state index is 0.0261. The van der Waals surface area contributed by atoms with Gasteiger partial charge in [0.2, 0.25) is 0 Å². The van der Waals surface area contributed by atoms with E-state index >= 15 is 0 Å². The van der Waals surface area contributed by atoms with Gasteiger partial charge in [-0.2, -0.15) is 0 Å². The number of anilines is 1. The summed E-state index contributed by atoms with van der Waals surface area (Å²) in [5.74, 6) is -1.41. The number of carboxylic acid groups (broad SMARTS) is 1. The number of rotatable bonds is 4. The van der Waals surface area contributed by atoms with Crippen LogP contribution >= 0.6 is 11.3 Å². The summed E-state index contributed by atoms with van der Waals surface area (Å²) >= 11 is 1.13. The first-order chi connectivity index (χ1) is 8.41. The lowest BCUT2D eigenvalue weighted by Gasteiger charge is -2.24. The molecule has 1 aliphatic rings. The van der Waals surface area contributed by atoms with E-state index in [1.165, 1.54) is 19.8 Å². The van der Waals surface area contributed by atoms with Gasteiger partial charge in [0, 0.05) is 12.5 Å². The van der Waals surface area contributed by atoms with Gasteiger partial charge in [-0.3, -0.25) is 4.79 Å². The Morgan fingerprint density at radius 3 is 2.44 bits per heavy atom. The Morgan fingerprint density at radius 1 is 1.39 bits per heavy atom. The van der Waals surface area contributed by atoms with Crippen molar-refractivity contribution in [2.45, 2.75) is 45.1 Å². The second-order valence-electron chi connectivity index (χ2n) is 4.95. The summed E-state index contributed by atoms with van der Waals surface area (Å²) in [5, 5.41) is 12.8. The van der Waals surface area contributed by atoms with Crippen LogP contribution in [-0.2, 0) is 0 Å². The Morgan fingerprint density at radius 2 is 2.00 bits per heavy atom. The zero-order valence-corrected chi connectivity index (χ0v) is 11.3. The predicted molar refractivity (Wildman–Crippen MR) is 69.6 cm³/mol. The molecular formula is C12H16N2O3S. The predicted octanol–water partition coefficient (Wildman–Crippen LogP) is 2.79. The summed E-state index contributed by atoms with van der Waals surface area (Å²) in [5.41, 5.74) is -0.168. The van der Waals surface area contributed by atoms with Gasteiger partial charge in [0.15, 0.2) is 16.6 Å². The van der Waals surface area contributed by atoms with Crippen LogP contribution in [-0.4, -0.2) is 27.4 Å². The first kappa shape index (κ1) is 13.0. The van der Waals surface area contributed by atoms with E-state index < -0.39 is 5.97 Å². The maximum absolute atomic E-state index is 11.4. The molecule has 0 bridgehead atoms. The van der Waals surface area contributed by atoms with Crippen LogP contribution in [0.4, 0.5) is 5.13 Å². The van der Waals surface area contributed by atoms with Crippen LogP contribution < -0.4 is 5.32 Å². The van der Waals surface area contributed by atoms with Crippen molar-refractivity contribution in [3.63, 3.8) is 0 Å². The van der Waals surface area contributed by atoms with Crippen molar-refractivity contribution in [2.24, 2.45) is 0 Å². The Balaban J connectivity index is 2.26. The number of ketones is 1. The highest BCUT2D eigenvalue weighted by Crippen LogP contribution is 2.34. The molecule has 5 nitrogen and oxygen atoms in total. The molecule has 2 rings (SSSR count). The third-order valence-electron chi connectivity index (χ3n) is 3.27. The van der Waals surface area contributed by atoms with E-state index in [4.69, 9.17) is 5.11 Å². The zero-order valence-electron chi connectivity index (χ0n) is 10.4. The smallest absolute Gasteiger partial charge is 0.356 e. The van der Waals surface area contributed by atoms with Crippen LogP contribution in [0.5, 0.6) is 0 Å². The summed E-state index contributed by atoms with van der Waals surface area (Å²) in [4.78, 5) is 26.6. The largest absolute Gasteiger partial charge is 0.476 e. The molecule has 0 radical (unpaired) electrons. The van der Waals surface area contributed by atoms with Gasteiger partial charge in [-0.05, 0) is 19.8 Å². The van der Waals surface area contributed by atoms with E-state index in [1.54, 1.807) is 0 Å². The molecule has 1 fully saturated rings. The van der Waals surface area contributed by atoms with Crippen molar-refractivity contribution in [1.82, 2.24) is 4.98 Å². The fraction of sp³-hybridized carbons (Fsp3) is 0.583. The number of thiazole rings is 1. The van der Waals surface area contributed by atoms with Crippen LogP contribution in [0.15, 0.2) is 0 Å². The fourth-order valence-corrected chi connectivity index (χ4v) is 3.30. The first-order valence-corrected chi connectivity index (χ1v) is 6.76. The average molecular weight is 268 g/mol. The Hall–Kier alpha value is -1.43. The van der Waals surface area contributed by atoms with E-state index in [1.807, 2.05) is 0 Å². The Labute approximate surface area is 109 Å². The molecule has 0 spiro atoms. The van der Waals surface area contributed by atoms with E-state index in [-0.39, 0.29) is 21.9 Å². The summed E-state index contributed by atoms with van der Waals surface area (Å²) in [7, 11) is 0. The lowest BCUT2D eigenvalue weighted by Crippen LogP contribution is -2.30. The number of carboxylic acids is 1. The SMILES string of the molecule is CC(=O)c1sc(NC2(C)CCCC2)nc1C(=O)O. The highest BCUT2D eigenvalue weighted by molar-refractivity contribution is 7.17. The van der Waals surface area contributed by atoms with Crippen LogP contribution in [0.3, 0.4) is 0 Å². The maximum atomic E-state index is 11.4. The second-order valence-corrected chi connectivity index (χ2v) is 5.95. The minimum Gasteiger partial charge on any atom is -0.476 e. The molecule has 0 saturated heterocycles. The summed E-state index contributed by atoms with van der Waals surface area (Å²) in [6, 6.07) is 0. The second kappa shape index (κ2) is 4.68. The van der Waals surface area contributed by atoms with E-state index in [9.17, 15) is 9.59 Å². The molecule has 18 heavy (non-hydrogen) atoms. The van der Waals surface area contributed by atoms with Crippen molar-refractivity contribution >= 4 is 28.2 Å². The number of Topliss-reactive ketones (excluding diaryl/α,β-unsaturated/α-hetero) is 1. The Bertz CT molecular complexity index is 458. The van der Waals surface area contributed by atoms with Gasteiger partial charge in [-0.25, -0.2) is 9.78 Å². The normalized spacial score (nSPS) is 17.7. The van der Waals surface area contributed by atoms with Gasteiger partial charge in [-0.15, -0.1) is 0 Å². The van der Waals surface area contributed by atoms with Gasteiger partial charge in [0.25, 0.3) is 0 Å². The highest BCUT2D eigenvalue weighted by Gasteiger charge is 2.30. The van der Waals surface area contributed by atoms with Gasteiger partial charge in [-0.1, -0.05) is 24.2 Å². The molecule has 0 atom stereocenters. The number of hydrogen-bond donors (Lipinski definition) is 2. The molecule has 1 aromatic heterocycles. The number of aromatic carboxylic acids is 1. The summed E-state index contributed by atoms with van der Waals surface area (Å²) in [6.07, 6.45) is 4.43. The molecule has 98 valence electrons.